The molecule has 0 amide bonds. The molecule has 80 valence electrons. The number of carboxylic acids is 2. The van der Waals surface area contributed by atoms with E-state index in [2.05, 4.69) is 0 Å². The summed E-state index contributed by atoms with van der Waals surface area (Å²) in [5.41, 5.74) is -1.11. The molecule has 0 aromatic heterocycles. The molecule has 0 aromatic carbocycles. The zero-order valence-corrected chi connectivity index (χ0v) is 8.25. The highest BCUT2D eigenvalue weighted by Gasteiger charge is 2.76. The first-order valence-corrected chi connectivity index (χ1v) is 5.14. The number of hydrogen-bond donors (Lipinski definition) is 2. The van der Waals surface area contributed by atoms with E-state index in [0.717, 1.165) is 0 Å². The third-order valence-electron chi connectivity index (χ3n) is 4.60. The Bertz CT molecular complexity index is 399. The summed E-state index contributed by atoms with van der Waals surface area (Å²) in [6.07, 6.45) is 3.91. The summed E-state index contributed by atoms with van der Waals surface area (Å²) >= 11 is 0. The van der Waals surface area contributed by atoms with Crippen molar-refractivity contribution in [1.29, 1.82) is 0 Å². The van der Waals surface area contributed by atoms with Crippen molar-refractivity contribution in [3.8, 4) is 0 Å². The SMILES string of the molecule is CC1(C(=O)O)C2C=CC3C2C3C1C(=O)O. The van der Waals surface area contributed by atoms with Crippen molar-refractivity contribution in [3.63, 3.8) is 0 Å². The fourth-order valence-corrected chi connectivity index (χ4v) is 3.84. The topological polar surface area (TPSA) is 74.6 Å². The average Bonchev–Trinajstić information content (AvgIpc) is 2.57. The average molecular weight is 208 g/mol. The van der Waals surface area contributed by atoms with Crippen molar-refractivity contribution in [2.75, 3.05) is 0 Å². The molecule has 3 aliphatic carbocycles. The molecule has 4 heteroatoms. The van der Waals surface area contributed by atoms with Crippen molar-refractivity contribution in [2.45, 2.75) is 6.92 Å². The van der Waals surface area contributed by atoms with Gasteiger partial charge in [-0.3, -0.25) is 9.59 Å². The molecule has 0 aromatic rings. The molecule has 4 nitrogen and oxygen atoms in total. The van der Waals surface area contributed by atoms with Crippen LogP contribution in [0.5, 0.6) is 0 Å². The van der Waals surface area contributed by atoms with Crippen molar-refractivity contribution < 1.29 is 19.8 Å². The van der Waals surface area contributed by atoms with E-state index < -0.39 is 23.3 Å². The molecule has 0 saturated heterocycles. The van der Waals surface area contributed by atoms with Gasteiger partial charge in [0.05, 0.1) is 11.3 Å². The van der Waals surface area contributed by atoms with Crippen LogP contribution in [-0.2, 0) is 9.59 Å². The zero-order valence-electron chi connectivity index (χ0n) is 8.25. The Morgan fingerprint density at radius 3 is 2.40 bits per heavy atom. The maximum atomic E-state index is 11.3. The van der Waals surface area contributed by atoms with Crippen LogP contribution in [0.2, 0.25) is 0 Å². The monoisotopic (exact) mass is 208 g/mol. The van der Waals surface area contributed by atoms with E-state index in [4.69, 9.17) is 5.11 Å². The van der Waals surface area contributed by atoms with E-state index in [1.165, 1.54) is 0 Å². The van der Waals surface area contributed by atoms with Crippen LogP contribution in [0, 0.1) is 35.0 Å². The molecule has 2 saturated carbocycles. The Morgan fingerprint density at radius 1 is 1.20 bits per heavy atom. The van der Waals surface area contributed by atoms with Crippen LogP contribution in [0.3, 0.4) is 0 Å². The van der Waals surface area contributed by atoms with Gasteiger partial charge in [0.25, 0.3) is 0 Å². The van der Waals surface area contributed by atoms with Crippen LogP contribution in [0.25, 0.3) is 0 Å². The third-order valence-corrected chi connectivity index (χ3v) is 4.60. The lowest BCUT2D eigenvalue weighted by Gasteiger charge is -2.30. The van der Waals surface area contributed by atoms with E-state index in [9.17, 15) is 14.7 Å². The summed E-state index contributed by atoms with van der Waals surface area (Å²) in [5, 5.41) is 18.4. The number of hydrogen-bond acceptors (Lipinski definition) is 2. The third kappa shape index (κ3) is 0.758. The van der Waals surface area contributed by atoms with Gasteiger partial charge in [0.15, 0.2) is 0 Å². The minimum atomic E-state index is -1.11. The molecule has 3 rings (SSSR count). The van der Waals surface area contributed by atoms with Gasteiger partial charge in [-0.15, -0.1) is 0 Å². The predicted molar refractivity (Wildman–Crippen MR) is 50.0 cm³/mol. The first-order valence-electron chi connectivity index (χ1n) is 5.14. The molecule has 6 atom stereocenters. The van der Waals surface area contributed by atoms with Crippen LogP contribution >= 0.6 is 0 Å². The van der Waals surface area contributed by atoms with Gasteiger partial charge < -0.3 is 10.2 Å². The Kier molecular flexibility index (Phi) is 1.35. The lowest BCUT2D eigenvalue weighted by molar-refractivity contribution is -0.162. The van der Waals surface area contributed by atoms with Gasteiger partial charge in [-0.25, -0.2) is 0 Å². The van der Waals surface area contributed by atoms with E-state index >= 15 is 0 Å². The lowest BCUT2D eigenvalue weighted by Crippen LogP contribution is -2.42. The normalized spacial score (nSPS) is 54.1. The molecule has 15 heavy (non-hydrogen) atoms. The molecule has 3 aliphatic rings. The van der Waals surface area contributed by atoms with Gasteiger partial charge in [-0.1, -0.05) is 12.2 Å². The van der Waals surface area contributed by atoms with Gasteiger partial charge >= 0.3 is 11.9 Å². The van der Waals surface area contributed by atoms with Crippen LogP contribution in [-0.4, -0.2) is 22.2 Å². The van der Waals surface area contributed by atoms with E-state index in [-0.39, 0.29) is 17.8 Å². The molecule has 0 heterocycles. The van der Waals surface area contributed by atoms with Gasteiger partial charge in [0.2, 0.25) is 0 Å². The fraction of sp³-hybridized carbons (Fsp3) is 0.636. The van der Waals surface area contributed by atoms with Crippen LogP contribution in [0.4, 0.5) is 0 Å². The highest BCUT2D eigenvalue weighted by atomic mass is 16.4. The summed E-state index contributed by atoms with van der Waals surface area (Å²) < 4.78 is 0. The number of rotatable bonds is 2. The van der Waals surface area contributed by atoms with Crippen molar-refractivity contribution in [1.82, 2.24) is 0 Å². The molecule has 2 N–H and O–H groups in total. The fourth-order valence-electron chi connectivity index (χ4n) is 3.84. The first-order chi connectivity index (χ1) is 6.99. The number of aliphatic carboxylic acids is 2. The Labute approximate surface area is 86.6 Å². The number of fused-ring (bicyclic) bond motifs is 1. The van der Waals surface area contributed by atoms with Crippen molar-refractivity contribution >= 4 is 11.9 Å². The second-order valence-electron chi connectivity index (χ2n) is 5.05. The van der Waals surface area contributed by atoms with Gasteiger partial charge in [0, 0.05) is 0 Å². The Morgan fingerprint density at radius 2 is 1.87 bits per heavy atom. The van der Waals surface area contributed by atoms with E-state index in [1.54, 1.807) is 6.92 Å². The summed E-state index contributed by atoms with van der Waals surface area (Å²) in [7, 11) is 0. The van der Waals surface area contributed by atoms with Crippen LogP contribution in [0.1, 0.15) is 6.92 Å². The molecular weight excluding hydrogens is 196 g/mol. The van der Waals surface area contributed by atoms with Gasteiger partial charge in [-0.2, -0.15) is 0 Å². The standard InChI is InChI=1S/C11H12O4/c1-11(10(14)15)5-3-2-4-6(5)7(4)8(11)9(12)13/h2-8H,1H3,(H,12,13)(H,14,15). The second kappa shape index (κ2) is 2.26. The molecular formula is C11H12O4. The number of carboxylic acid groups (broad SMARTS) is 2. The number of allylic oxidation sites excluding steroid dienone is 2. The minimum Gasteiger partial charge on any atom is -0.481 e. The van der Waals surface area contributed by atoms with Crippen LogP contribution in [0.15, 0.2) is 12.2 Å². The highest BCUT2D eigenvalue weighted by molar-refractivity contribution is 5.86. The minimum absolute atomic E-state index is 0.0681. The molecule has 0 aliphatic heterocycles. The van der Waals surface area contributed by atoms with Crippen LogP contribution < -0.4 is 0 Å². The van der Waals surface area contributed by atoms with E-state index in [1.807, 2.05) is 12.2 Å². The lowest BCUT2D eigenvalue weighted by atomic mass is 9.70. The maximum Gasteiger partial charge on any atom is 0.310 e. The quantitative estimate of drug-likeness (QED) is 0.659. The summed E-state index contributed by atoms with van der Waals surface area (Å²) in [6.45, 7) is 1.58. The molecule has 0 radical (unpaired) electrons. The van der Waals surface area contributed by atoms with Crippen molar-refractivity contribution in [2.24, 2.45) is 35.0 Å². The molecule has 0 spiro atoms. The van der Waals surface area contributed by atoms with Crippen molar-refractivity contribution in [3.05, 3.63) is 12.2 Å². The smallest absolute Gasteiger partial charge is 0.310 e. The summed E-state index contributed by atoms with van der Waals surface area (Å²) in [6, 6.07) is 0. The molecule has 6 unspecified atom stereocenters. The highest BCUT2D eigenvalue weighted by Crippen LogP contribution is 2.73. The molecule has 0 bridgehead atoms. The number of carbonyl (C=O) groups is 2. The molecule has 2 fully saturated rings. The van der Waals surface area contributed by atoms with Gasteiger partial charge in [0.1, 0.15) is 0 Å². The zero-order chi connectivity index (χ0) is 11.0. The largest absolute Gasteiger partial charge is 0.481 e. The predicted octanol–water partition coefficient (Wildman–Crippen LogP) is 0.840. The Balaban J connectivity index is 2.09. The van der Waals surface area contributed by atoms with E-state index in [0.29, 0.717) is 5.92 Å². The van der Waals surface area contributed by atoms with Gasteiger partial charge in [-0.05, 0) is 30.6 Å². The Hall–Kier alpha value is -1.32. The second-order valence-corrected chi connectivity index (χ2v) is 5.05. The summed E-state index contributed by atoms with van der Waals surface area (Å²) in [5.74, 6) is -2.04. The maximum absolute atomic E-state index is 11.3. The summed E-state index contributed by atoms with van der Waals surface area (Å²) in [4.78, 5) is 22.5. The first kappa shape index (κ1) is 8.95.